The summed E-state index contributed by atoms with van der Waals surface area (Å²) in [6.45, 7) is 0. The third kappa shape index (κ3) is 1.45. The third-order valence-corrected chi connectivity index (χ3v) is 3.23. The molecule has 3 rings (SSSR count). The largest absolute Gasteiger partial charge is 1.00 e. The average Bonchev–Trinajstić information content (AvgIpc) is 2.55. The first-order valence-electron chi connectivity index (χ1n) is 5.05. The summed E-state index contributed by atoms with van der Waals surface area (Å²) in [5.74, 6) is 0.557. The maximum Gasteiger partial charge on any atom is 1.00 e. The van der Waals surface area contributed by atoms with Gasteiger partial charge in [0.05, 0.1) is 6.04 Å². The van der Waals surface area contributed by atoms with Gasteiger partial charge < -0.3 is 4.90 Å². The van der Waals surface area contributed by atoms with E-state index in [1.807, 2.05) is 0 Å². The molecule has 0 saturated carbocycles. The van der Waals surface area contributed by atoms with Crippen molar-refractivity contribution in [3.63, 3.8) is 0 Å². The van der Waals surface area contributed by atoms with Crippen molar-refractivity contribution in [3.8, 4) is 0 Å². The van der Waals surface area contributed by atoms with Gasteiger partial charge in [-0.05, 0) is 11.6 Å². The van der Waals surface area contributed by atoms with Crippen molar-refractivity contribution in [2.24, 2.45) is 0 Å². The molecule has 0 aromatic heterocycles. The third-order valence-electron chi connectivity index (χ3n) is 3.23. The van der Waals surface area contributed by atoms with E-state index in [1.165, 1.54) is 11.3 Å². The van der Waals surface area contributed by atoms with Crippen molar-refractivity contribution in [2.75, 3.05) is 11.9 Å². The number of anilines is 1. The van der Waals surface area contributed by atoms with Gasteiger partial charge in [0.2, 0.25) is 0 Å². The van der Waals surface area contributed by atoms with Gasteiger partial charge in [-0.15, -0.1) is 0 Å². The number of likely N-dealkylation sites (N-methyl/N-ethyl adjacent to an activating group) is 1. The number of hydrogen-bond acceptors (Lipinski definition) is 1. The van der Waals surface area contributed by atoms with Gasteiger partial charge >= 0.3 is 17.4 Å². The van der Waals surface area contributed by atoms with Gasteiger partial charge in [0.15, 0.2) is 0 Å². The fourth-order valence-corrected chi connectivity index (χ4v) is 2.50. The summed E-state index contributed by atoms with van der Waals surface area (Å²) in [4.78, 5) is 2.36. The molecule has 1 heterocycles. The van der Waals surface area contributed by atoms with Crippen LogP contribution in [0.2, 0.25) is 0 Å². The second kappa shape index (κ2) is 3.89. The van der Waals surface area contributed by atoms with E-state index in [4.69, 9.17) is 0 Å². The van der Waals surface area contributed by atoms with Crippen LogP contribution in [0.3, 0.4) is 0 Å². The first-order chi connectivity index (χ1) is 6.88. The quantitative estimate of drug-likeness (QED) is 0.594. The first kappa shape index (κ1) is 10.5. The average molecular weight is 210 g/mol. The van der Waals surface area contributed by atoms with Crippen molar-refractivity contribution in [1.29, 1.82) is 0 Å². The summed E-state index contributed by atoms with van der Waals surface area (Å²) in [7, 11) is 2.17. The number of rotatable bonds is 0. The summed E-state index contributed by atoms with van der Waals surface area (Å²) in [6.07, 6.45) is 8.87. The predicted molar refractivity (Wildman–Crippen MR) is 65.4 cm³/mol. The Balaban J connectivity index is 0.000000853. The number of benzene rings is 1. The topological polar surface area (TPSA) is 3.24 Å². The van der Waals surface area contributed by atoms with Gasteiger partial charge in [-0.25, -0.2) is 0 Å². The molecule has 2 radical (unpaired) electrons. The van der Waals surface area contributed by atoms with Crippen LogP contribution in [0.25, 0.3) is 0 Å². The van der Waals surface area contributed by atoms with E-state index in [-0.39, 0.29) is 17.4 Å². The minimum atomic E-state index is 0. The summed E-state index contributed by atoms with van der Waals surface area (Å²) >= 11 is 0. The Morgan fingerprint density at radius 1 is 1.07 bits per heavy atom. The van der Waals surface area contributed by atoms with Crippen molar-refractivity contribution in [2.45, 2.75) is 12.0 Å². The van der Waals surface area contributed by atoms with Crippen molar-refractivity contribution in [1.82, 2.24) is 0 Å². The molecule has 2 heteroatoms. The molecule has 1 aromatic rings. The minimum absolute atomic E-state index is 0. The van der Waals surface area contributed by atoms with E-state index >= 15 is 0 Å². The first-order valence-corrected chi connectivity index (χ1v) is 5.05. The van der Waals surface area contributed by atoms with Gasteiger partial charge in [0, 0.05) is 18.7 Å². The van der Waals surface area contributed by atoms with Crippen molar-refractivity contribution < 1.29 is 0 Å². The van der Waals surface area contributed by atoms with Gasteiger partial charge in [-0.1, -0.05) is 42.5 Å². The fourth-order valence-electron chi connectivity index (χ4n) is 2.50. The second-order valence-electron chi connectivity index (χ2n) is 3.96. The second-order valence-corrected chi connectivity index (χ2v) is 3.96. The van der Waals surface area contributed by atoms with Crippen LogP contribution in [0.1, 0.15) is 11.5 Å². The van der Waals surface area contributed by atoms with Crippen LogP contribution >= 0.6 is 0 Å². The van der Waals surface area contributed by atoms with Crippen LogP contribution in [-0.4, -0.2) is 30.5 Å². The molecule has 2 unspecified atom stereocenters. The molecule has 0 spiro atoms. The number of nitrogens with zero attached hydrogens (tertiary/aromatic N) is 1. The van der Waals surface area contributed by atoms with E-state index in [0.717, 1.165) is 0 Å². The summed E-state index contributed by atoms with van der Waals surface area (Å²) in [5, 5.41) is 0. The van der Waals surface area contributed by atoms with Crippen LogP contribution in [0, 0.1) is 0 Å². The summed E-state index contributed by atoms with van der Waals surface area (Å²) in [6, 6.07) is 9.20. The van der Waals surface area contributed by atoms with E-state index < -0.39 is 0 Å². The SMILES string of the molecule is CN1c2ccccc2C2C=CC=CC21.[Al+]. The van der Waals surface area contributed by atoms with E-state index in [1.54, 1.807) is 0 Å². The Labute approximate surface area is 101 Å². The Morgan fingerprint density at radius 2 is 1.80 bits per heavy atom. The number of fused-ring (bicyclic) bond motifs is 3. The smallest absolute Gasteiger partial charge is 0.367 e. The van der Waals surface area contributed by atoms with Crippen LogP contribution in [-0.2, 0) is 0 Å². The van der Waals surface area contributed by atoms with Crippen LogP contribution in [0.4, 0.5) is 5.69 Å². The number of para-hydroxylation sites is 1. The zero-order chi connectivity index (χ0) is 9.54. The molecule has 1 aromatic carbocycles. The van der Waals surface area contributed by atoms with Gasteiger partial charge in [-0.3, -0.25) is 0 Å². The molecule has 1 aliphatic heterocycles. The molecule has 2 atom stereocenters. The molecule has 2 aliphatic rings. The molecule has 0 bridgehead atoms. The normalized spacial score (nSPS) is 25.8. The van der Waals surface area contributed by atoms with Gasteiger partial charge in [0.25, 0.3) is 0 Å². The summed E-state index contributed by atoms with van der Waals surface area (Å²) in [5.41, 5.74) is 2.83. The molecule has 0 saturated heterocycles. The predicted octanol–water partition coefficient (Wildman–Crippen LogP) is 2.33. The maximum atomic E-state index is 2.36. The molecule has 0 amide bonds. The van der Waals surface area contributed by atoms with Crippen LogP contribution < -0.4 is 4.90 Å². The zero-order valence-electron chi connectivity index (χ0n) is 8.80. The minimum Gasteiger partial charge on any atom is -0.367 e. The standard InChI is InChI=1S/C13H13N.Al/c1-14-12-8-4-2-6-10(12)11-7-3-5-9-13(11)14;/h2-10,12H,1H3;/q;+1. The molecular formula is C13H13AlN+. The van der Waals surface area contributed by atoms with Crippen molar-refractivity contribution in [3.05, 3.63) is 54.1 Å². The van der Waals surface area contributed by atoms with Crippen LogP contribution in [0.15, 0.2) is 48.6 Å². The molecule has 0 fully saturated rings. The molecule has 1 nitrogen and oxygen atoms in total. The summed E-state index contributed by atoms with van der Waals surface area (Å²) < 4.78 is 0. The Bertz CT molecular complexity index is 422. The van der Waals surface area contributed by atoms with Gasteiger partial charge in [-0.2, -0.15) is 0 Å². The van der Waals surface area contributed by atoms with Gasteiger partial charge in [0.1, 0.15) is 0 Å². The molecule has 72 valence electrons. The zero-order valence-corrected chi connectivity index (χ0v) is 9.95. The van der Waals surface area contributed by atoms with E-state index in [9.17, 15) is 0 Å². The van der Waals surface area contributed by atoms with Crippen molar-refractivity contribution >= 4 is 23.0 Å². The molecule has 15 heavy (non-hydrogen) atoms. The number of hydrogen-bond donors (Lipinski definition) is 0. The molecule has 0 N–H and O–H groups in total. The molecular weight excluding hydrogens is 197 g/mol. The Kier molecular flexibility index (Phi) is 2.73. The van der Waals surface area contributed by atoms with E-state index in [2.05, 4.69) is 60.5 Å². The Morgan fingerprint density at radius 3 is 2.67 bits per heavy atom. The number of allylic oxidation sites excluding steroid dienone is 2. The monoisotopic (exact) mass is 210 g/mol. The Hall–Kier alpha value is -0.968. The van der Waals surface area contributed by atoms with Crippen LogP contribution in [0.5, 0.6) is 0 Å². The maximum absolute atomic E-state index is 2.36. The molecule has 1 aliphatic carbocycles. The van der Waals surface area contributed by atoms with E-state index in [0.29, 0.717) is 12.0 Å². The fraction of sp³-hybridized carbons (Fsp3) is 0.231.